The molecule has 0 fully saturated rings. The lowest BCUT2D eigenvalue weighted by molar-refractivity contribution is 0.262. The lowest BCUT2D eigenvalue weighted by atomic mass is 10.3. The number of nitrogens with one attached hydrogen (secondary N) is 2. The Labute approximate surface area is 131 Å². The lowest BCUT2D eigenvalue weighted by Gasteiger charge is -2.10. The first-order chi connectivity index (χ1) is 10.3. The molecule has 2 amide bonds. The number of rotatable bonds is 3. The van der Waals surface area contributed by atoms with Crippen molar-refractivity contribution in [3.05, 3.63) is 47.5 Å². The molecule has 2 rings (SSSR count). The van der Waals surface area contributed by atoms with Crippen molar-refractivity contribution in [2.75, 3.05) is 10.6 Å². The number of phenolic OH excluding ortho intramolecular Hbond substituents is 1. The van der Waals surface area contributed by atoms with Gasteiger partial charge in [0, 0.05) is 10.7 Å². The highest BCUT2D eigenvalue weighted by Gasteiger charge is 2.13. The number of carbonyl (C=O) groups is 1. The van der Waals surface area contributed by atoms with Crippen LogP contribution in [-0.4, -0.2) is 19.6 Å². The number of hydrogen-bond acceptors (Lipinski definition) is 4. The molecule has 2 aromatic rings. The predicted octanol–water partition coefficient (Wildman–Crippen LogP) is 2.34. The normalized spacial score (nSPS) is 11.0. The molecule has 0 aliphatic heterocycles. The first-order valence-corrected chi connectivity index (χ1v) is 7.87. The Bertz CT molecular complexity index is 807. The maximum Gasteiger partial charge on any atom is 0.323 e. The average molecular weight is 342 g/mol. The minimum atomic E-state index is -3.94. The standard InChI is InChI=1S/C13H12ClN3O4S/c14-8-1-3-9(4-2-8)16-13(19)17-11-7-10(22(15,20)21)5-6-12(11)18/h1-7,18H,(H2,15,20,21)(H2,16,17,19). The molecule has 116 valence electrons. The van der Waals surface area contributed by atoms with Gasteiger partial charge in [0.15, 0.2) is 0 Å². The van der Waals surface area contributed by atoms with Crippen LogP contribution >= 0.6 is 11.6 Å². The number of aromatic hydroxyl groups is 1. The van der Waals surface area contributed by atoms with Gasteiger partial charge in [0.1, 0.15) is 5.75 Å². The zero-order chi connectivity index (χ0) is 16.3. The highest BCUT2D eigenvalue weighted by atomic mass is 35.5. The van der Waals surface area contributed by atoms with E-state index in [-0.39, 0.29) is 16.3 Å². The molecule has 0 bridgehead atoms. The highest BCUT2D eigenvalue weighted by Crippen LogP contribution is 2.26. The Kier molecular flexibility index (Phi) is 4.55. The summed E-state index contributed by atoms with van der Waals surface area (Å²) in [4.78, 5) is 11.6. The Morgan fingerprint density at radius 1 is 1.09 bits per heavy atom. The van der Waals surface area contributed by atoms with E-state index >= 15 is 0 Å². The van der Waals surface area contributed by atoms with E-state index in [4.69, 9.17) is 16.7 Å². The van der Waals surface area contributed by atoms with Crippen LogP contribution < -0.4 is 15.8 Å². The molecule has 0 aromatic heterocycles. The van der Waals surface area contributed by atoms with Gasteiger partial charge in [-0.2, -0.15) is 0 Å². The van der Waals surface area contributed by atoms with E-state index in [0.717, 1.165) is 18.2 Å². The monoisotopic (exact) mass is 341 g/mol. The molecule has 0 atom stereocenters. The van der Waals surface area contributed by atoms with Crippen molar-refractivity contribution in [2.24, 2.45) is 5.14 Å². The zero-order valence-corrected chi connectivity index (χ0v) is 12.6. The molecular weight excluding hydrogens is 330 g/mol. The van der Waals surface area contributed by atoms with E-state index in [1.807, 2.05) is 0 Å². The number of sulfonamides is 1. The van der Waals surface area contributed by atoms with Gasteiger partial charge in [0.25, 0.3) is 0 Å². The molecule has 9 heteroatoms. The van der Waals surface area contributed by atoms with Crippen molar-refractivity contribution in [3.63, 3.8) is 0 Å². The summed E-state index contributed by atoms with van der Waals surface area (Å²) in [6.45, 7) is 0. The molecule has 0 aliphatic carbocycles. The van der Waals surface area contributed by atoms with Gasteiger partial charge in [-0.15, -0.1) is 0 Å². The number of nitrogens with two attached hydrogens (primary N) is 1. The van der Waals surface area contributed by atoms with Gasteiger partial charge >= 0.3 is 6.03 Å². The van der Waals surface area contributed by atoms with Crippen LogP contribution in [0.3, 0.4) is 0 Å². The Morgan fingerprint density at radius 3 is 2.32 bits per heavy atom. The molecule has 5 N–H and O–H groups in total. The molecule has 22 heavy (non-hydrogen) atoms. The maximum absolute atomic E-state index is 11.8. The van der Waals surface area contributed by atoms with Crippen LogP contribution in [0.5, 0.6) is 5.75 Å². The van der Waals surface area contributed by atoms with Gasteiger partial charge in [-0.25, -0.2) is 18.4 Å². The predicted molar refractivity (Wildman–Crippen MR) is 83.6 cm³/mol. The van der Waals surface area contributed by atoms with Crippen molar-refractivity contribution in [3.8, 4) is 5.75 Å². The number of phenols is 1. The van der Waals surface area contributed by atoms with E-state index in [2.05, 4.69) is 10.6 Å². The second-order valence-corrected chi connectivity index (χ2v) is 6.31. The number of benzene rings is 2. The van der Waals surface area contributed by atoms with Crippen LogP contribution in [-0.2, 0) is 10.0 Å². The van der Waals surface area contributed by atoms with E-state index in [0.29, 0.717) is 10.7 Å². The summed E-state index contributed by atoms with van der Waals surface area (Å²) < 4.78 is 22.5. The number of hydrogen-bond donors (Lipinski definition) is 4. The fraction of sp³-hybridized carbons (Fsp3) is 0. The third kappa shape index (κ3) is 4.10. The number of halogens is 1. The van der Waals surface area contributed by atoms with E-state index in [1.54, 1.807) is 24.3 Å². The van der Waals surface area contributed by atoms with Crippen LogP contribution in [0.25, 0.3) is 0 Å². The average Bonchev–Trinajstić information content (AvgIpc) is 2.42. The topological polar surface area (TPSA) is 122 Å². The summed E-state index contributed by atoms with van der Waals surface area (Å²) in [6.07, 6.45) is 0. The molecular formula is C13H12ClN3O4S. The summed E-state index contributed by atoms with van der Waals surface area (Å²) in [5.74, 6) is -0.293. The smallest absolute Gasteiger partial charge is 0.323 e. The van der Waals surface area contributed by atoms with Gasteiger partial charge in [-0.1, -0.05) is 11.6 Å². The van der Waals surface area contributed by atoms with Crippen molar-refractivity contribution < 1.29 is 18.3 Å². The number of anilines is 2. The first kappa shape index (κ1) is 16.1. The quantitative estimate of drug-likeness (QED) is 0.640. The minimum Gasteiger partial charge on any atom is -0.506 e. The molecule has 0 spiro atoms. The molecule has 0 radical (unpaired) electrons. The number of carbonyl (C=O) groups excluding carboxylic acids is 1. The Balaban J connectivity index is 2.16. The van der Waals surface area contributed by atoms with E-state index in [1.165, 1.54) is 0 Å². The summed E-state index contributed by atoms with van der Waals surface area (Å²) in [6, 6.07) is 9.01. The number of amides is 2. The molecule has 0 saturated heterocycles. The van der Waals surface area contributed by atoms with Gasteiger partial charge in [0.05, 0.1) is 10.6 Å². The summed E-state index contributed by atoms with van der Waals surface area (Å²) >= 11 is 5.73. The Morgan fingerprint density at radius 2 is 1.73 bits per heavy atom. The number of primary sulfonamides is 1. The molecule has 0 saturated carbocycles. The number of urea groups is 1. The van der Waals surface area contributed by atoms with Crippen LogP contribution in [0.1, 0.15) is 0 Å². The van der Waals surface area contributed by atoms with Crippen molar-refractivity contribution in [2.45, 2.75) is 4.90 Å². The Hall–Kier alpha value is -2.29. The molecule has 0 aliphatic rings. The SMILES string of the molecule is NS(=O)(=O)c1ccc(O)c(NC(=O)Nc2ccc(Cl)cc2)c1. The second kappa shape index (κ2) is 6.22. The second-order valence-electron chi connectivity index (χ2n) is 4.31. The van der Waals surface area contributed by atoms with Gasteiger partial charge in [-0.3, -0.25) is 0 Å². The van der Waals surface area contributed by atoms with Crippen LogP contribution in [0, 0.1) is 0 Å². The third-order valence-electron chi connectivity index (χ3n) is 2.65. The van der Waals surface area contributed by atoms with Gasteiger partial charge in [0.2, 0.25) is 10.0 Å². The van der Waals surface area contributed by atoms with Crippen LogP contribution in [0.4, 0.5) is 16.2 Å². The third-order valence-corrected chi connectivity index (χ3v) is 3.81. The summed E-state index contributed by atoms with van der Waals surface area (Å²) in [5, 5.41) is 20.0. The van der Waals surface area contributed by atoms with E-state index in [9.17, 15) is 18.3 Å². The van der Waals surface area contributed by atoms with Crippen molar-refractivity contribution in [1.82, 2.24) is 0 Å². The van der Waals surface area contributed by atoms with Crippen LogP contribution in [0.15, 0.2) is 47.4 Å². The minimum absolute atomic E-state index is 0.0852. The molecule has 0 heterocycles. The molecule has 0 unspecified atom stereocenters. The van der Waals surface area contributed by atoms with Crippen LogP contribution in [0.2, 0.25) is 5.02 Å². The fourth-order valence-corrected chi connectivity index (χ4v) is 2.28. The molecule has 7 nitrogen and oxygen atoms in total. The van der Waals surface area contributed by atoms with Gasteiger partial charge in [-0.05, 0) is 42.5 Å². The fourth-order valence-electron chi connectivity index (χ4n) is 1.61. The lowest BCUT2D eigenvalue weighted by Crippen LogP contribution is -2.20. The summed E-state index contributed by atoms with van der Waals surface area (Å²) in [7, 11) is -3.94. The van der Waals surface area contributed by atoms with Gasteiger partial charge < -0.3 is 15.7 Å². The van der Waals surface area contributed by atoms with E-state index < -0.39 is 16.1 Å². The van der Waals surface area contributed by atoms with Crippen molar-refractivity contribution in [1.29, 1.82) is 0 Å². The largest absolute Gasteiger partial charge is 0.506 e. The summed E-state index contributed by atoms with van der Waals surface area (Å²) in [5.41, 5.74) is 0.391. The van der Waals surface area contributed by atoms with Crippen molar-refractivity contribution >= 4 is 39.0 Å². The zero-order valence-electron chi connectivity index (χ0n) is 11.1. The molecule has 2 aromatic carbocycles. The first-order valence-electron chi connectivity index (χ1n) is 5.95. The maximum atomic E-state index is 11.8. The highest BCUT2D eigenvalue weighted by molar-refractivity contribution is 7.89.